The van der Waals surface area contributed by atoms with E-state index in [9.17, 15) is 9.50 Å². The van der Waals surface area contributed by atoms with Crippen LogP contribution in [-0.2, 0) is 0 Å². The van der Waals surface area contributed by atoms with E-state index in [1.54, 1.807) is 12.1 Å². The van der Waals surface area contributed by atoms with Crippen LogP contribution in [0.15, 0.2) is 24.3 Å². The number of β-amino-alcohol motifs (C(OH)–C–C–N with tert-alkyl or cyclic N) is 1. The SMILES string of the molecule is CC(C)(C)NC[C@H](O)c1ccc(F)cc1. The van der Waals surface area contributed by atoms with Gasteiger partial charge in [0.2, 0.25) is 0 Å². The summed E-state index contributed by atoms with van der Waals surface area (Å²) in [5.41, 5.74) is 0.703. The zero-order chi connectivity index (χ0) is 11.5. The van der Waals surface area contributed by atoms with E-state index in [0.717, 1.165) is 5.56 Å². The molecule has 2 nitrogen and oxygen atoms in total. The molecular weight excluding hydrogens is 193 g/mol. The molecule has 0 heterocycles. The third-order valence-electron chi connectivity index (χ3n) is 2.08. The standard InChI is InChI=1S/C12H18FNO/c1-12(2,3)14-8-11(15)9-4-6-10(13)7-5-9/h4-7,11,14-15H,8H2,1-3H3/t11-/m0/s1. The molecule has 0 spiro atoms. The highest BCUT2D eigenvalue weighted by Crippen LogP contribution is 2.13. The average molecular weight is 211 g/mol. The molecule has 1 rings (SSSR count). The van der Waals surface area contributed by atoms with E-state index in [-0.39, 0.29) is 11.4 Å². The first kappa shape index (κ1) is 12.1. The van der Waals surface area contributed by atoms with Crippen LogP contribution in [-0.4, -0.2) is 17.2 Å². The molecule has 1 aromatic rings. The fourth-order valence-corrected chi connectivity index (χ4v) is 1.21. The van der Waals surface area contributed by atoms with Crippen LogP contribution in [0.5, 0.6) is 0 Å². The van der Waals surface area contributed by atoms with E-state index >= 15 is 0 Å². The van der Waals surface area contributed by atoms with Crippen molar-refractivity contribution in [3.63, 3.8) is 0 Å². The van der Waals surface area contributed by atoms with Gasteiger partial charge in [0.25, 0.3) is 0 Å². The van der Waals surface area contributed by atoms with Crippen LogP contribution in [0.25, 0.3) is 0 Å². The molecule has 0 aliphatic rings. The lowest BCUT2D eigenvalue weighted by atomic mass is 10.1. The van der Waals surface area contributed by atoms with Crippen molar-refractivity contribution in [3.8, 4) is 0 Å². The predicted molar refractivity (Wildman–Crippen MR) is 59.1 cm³/mol. The highest BCUT2D eigenvalue weighted by Gasteiger charge is 2.13. The first-order chi connectivity index (χ1) is 6.88. The molecule has 0 bridgehead atoms. The van der Waals surface area contributed by atoms with E-state index in [4.69, 9.17) is 0 Å². The fraction of sp³-hybridized carbons (Fsp3) is 0.500. The van der Waals surface area contributed by atoms with E-state index in [2.05, 4.69) is 5.32 Å². The Bertz CT molecular complexity index is 302. The molecule has 0 aliphatic heterocycles. The van der Waals surface area contributed by atoms with E-state index in [1.807, 2.05) is 20.8 Å². The van der Waals surface area contributed by atoms with Gasteiger partial charge in [0.05, 0.1) is 6.10 Å². The van der Waals surface area contributed by atoms with Crippen LogP contribution in [0.1, 0.15) is 32.4 Å². The van der Waals surface area contributed by atoms with Gasteiger partial charge in [-0.05, 0) is 38.5 Å². The topological polar surface area (TPSA) is 32.3 Å². The number of rotatable bonds is 3. The highest BCUT2D eigenvalue weighted by atomic mass is 19.1. The second kappa shape index (κ2) is 4.73. The summed E-state index contributed by atoms with van der Waals surface area (Å²) in [5.74, 6) is -0.283. The molecule has 84 valence electrons. The maximum atomic E-state index is 12.6. The number of halogens is 1. The van der Waals surface area contributed by atoms with Gasteiger partial charge in [-0.3, -0.25) is 0 Å². The van der Waals surface area contributed by atoms with E-state index < -0.39 is 6.10 Å². The molecule has 0 saturated heterocycles. The number of hydrogen-bond donors (Lipinski definition) is 2. The molecule has 2 N–H and O–H groups in total. The van der Waals surface area contributed by atoms with Gasteiger partial charge in [-0.1, -0.05) is 12.1 Å². The summed E-state index contributed by atoms with van der Waals surface area (Å²) in [6.45, 7) is 6.56. The summed E-state index contributed by atoms with van der Waals surface area (Å²) < 4.78 is 12.6. The van der Waals surface area contributed by atoms with Gasteiger partial charge < -0.3 is 10.4 Å². The molecule has 1 aromatic carbocycles. The lowest BCUT2D eigenvalue weighted by Crippen LogP contribution is -2.38. The molecule has 0 aliphatic carbocycles. The van der Waals surface area contributed by atoms with Gasteiger partial charge in [-0.25, -0.2) is 4.39 Å². The Balaban J connectivity index is 2.54. The van der Waals surface area contributed by atoms with Crippen molar-refractivity contribution in [2.45, 2.75) is 32.4 Å². The molecule has 0 saturated carbocycles. The smallest absolute Gasteiger partial charge is 0.123 e. The second-order valence-electron chi connectivity index (χ2n) is 4.70. The first-order valence-corrected chi connectivity index (χ1v) is 5.07. The Kier molecular flexibility index (Phi) is 3.83. The summed E-state index contributed by atoms with van der Waals surface area (Å²) in [5, 5.41) is 13.0. The quantitative estimate of drug-likeness (QED) is 0.803. The van der Waals surface area contributed by atoms with E-state index in [0.29, 0.717) is 6.54 Å². The van der Waals surface area contributed by atoms with Gasteiger partial charge in [0.15, 0.2) is 0 Å². The van der Waals surface area contributed by atoms with Gasteiger partial charge in [-0.15, -0.1) is 0 Å². The van der Waals surface area contributed by atoms with Crippen molar-refractivity contribution >= 4 is 0 Å². The van der Waals surface area contributed by atoms with Crippen molar-refractivity contribution in [2.24, 2.45) is 0 Å². The van der Waals surface area contributed by atoms with Crippen molar-refractivity contribution in [1.29, 1.82) is 0 Å². The Morgan fingerprint density at radius 2 is 1.80 bits per heavy atom. The van der Waals surface area contributed by atoms with Crippen molar-refractivity contribution in [1.82, 2.24) is 5.32 Å². The lowest BCUT2D eigenvalue weighted by molar-refractivity contribution is 0.163. The third kappa shape index (κ3) is 4.40. The monoisotopic (exact) mass is 211 g/mol. The Morgan fingerprint density at radius 1 is 1.27 bits per heavy atom. The lowest BCUT2D eigenvalue weighted by Gasteiger charge is -2.23. The minimum atomic E-state index is -0.593. The maximum absolute atomic E-state index is 12.6. The number of benzene rings is 1. The zero-order valence-corrected chi connectivity index (χ0v) is 9.42. The zero-order valence-electron chi connectivity index (χ0n) is 9.42. The Labute approximate surface area is 90.1 Å². The molecule has 0 unspecified atom stereocenters. The summed E-state index contributed by atoms with van der Waals surface area (Å²) in [7, 11) is 0. The molecule has 0 amide bonds. The van der Waals surface area contributed by atoms with Crippen LogP contribution in [0.4, 0.5) is 4.39 Å². The molecule has 0 fully saturated rings. The molecule has 1 atom stereocenters. The van der Waals surface area contributed by atoms with Gasteiger partial charge >= 0.3 is 0 Å². The number of aliphatic hydroxyl groups is 1. The van der Waals surface area contributed by atoms with Crippen molar-refractivity contribution in [2.75, 3.05) is 6.54 Å². The molecule has 0 radical (unpaired) electrons. The first-order valence-electron chi connectivity index (χ1n) is 5.07. The summed E-state index contributed by atoms with van der Waals surface area (Å²) >= 11 is 0. The van der Waals surface area contributed by atoms with Crippen molar-refractivity contribution in [3.05, 3.63) is 35.6 Å². The summed E-state index contributed by atoms with van der Waals surface area (Å²) in [6, 6.07) is 5.92. The second-order valence-corrected chi connectivity index (χ2v) is 4.70. The molecule has 0 aromatic heterocycles. The number of hydrogen-bond acceptors (Lipinski definition) is 2. The number of nitrogens with one attached hydrogen (secondary N) is 1. The summed E-state index contributed by atoms with van der Waals surface area (Å²) in [4.78, 5) is 0. The minimum Gasteiger partial charge on any atom is -0.387 e. The van der Waals surface area contributed by atoms with Crippen LogP contribution < -0.4 is 5.32 Å². The predicted octanol–water partition coefficient (Wildman–Crippen LogP) is 2.25. The Hall–Kier alpha value is -0.930. The number of aliphatic hydroxyl groups excluding tert-OH is 1. The third-order valence-corrected chi connectivity index (χ3v) is 2.08. The summed E-state index contributed by atoms with van der Waals surface area (Å²) in [6.07, 6.45) is -0.593. The highest BCUT2D eigenvalue weighted by molar-refractivity contribution is 5.18. The maximum Gasteiger partial charge on any atom is 0.123 e. The van der Waals surface area contributed by atoms with Crippen LogP contribution in [0, 0.1) is 5.82 Å². The van der Waals surface area contributed by atoms with Crippen molar-refractivity contribution < 1.29 is 9.50 Å². The van der Waals surface area contributed by atoms with Gasteiger partial charge in [0, 0.05) is 12.1 Å². The molecular formula is C12H18FNO. The fourth-order valence-electron chi connectivity index (χ4n) is 1.21. The molecule has 3 heteroatoms. The van der Waals surface area contributed by atoms with Gasteiger partial charge in [0.1, 0.15) is 5.82 Å². The average Bonchev–Trinajstić information content (AvgIpc) is 2.14. The largest absolute Gasteiger partial charge is 0.387 e. The van der Waals surface area contributed by atoms with E-state index in [1.165, 1.54) is 12.1 Å². The van der Waals surface area contributed by atoms with Crippen LogP contribution >= 0.6 is 0 Å². The van der Waals surface area contributed by atoms with Gasteiger partial charge in [-0.2, -0.15) is 0 Å². The van der Waals surface area contributed by atoms with Crippen LogP contribution in [0.3, 0.4) is 0 Å². The minimum absolute atomic E-state index is 0.0268. The molecule has 15 heavy (non-hydrogen) atoms. The Morgan fingerprint density at radius 3 is 2.27 bits per heavy atom. The van der Waals surface area contributed by atoms with Crippen LogP contribution in [0.2, 0.25) is 0 Å². The normalized spacial score (nSPS) is 13.9.